The number of benzene rings is 2. The van der Waals surface area contributed by atoms with Crippen LogP contribution in [-0.2, 0) is 21.0 Å². The Labute approximate surface area is 157 Å². The number of aliphatic carboxylic acids is 1. The molecule has 138 valence electrons. The molecule has 1 heterocycles. The molecule has 0 saturated carbocycles. The Morgan fingerprint density at radius 3 is 2.41 bits per heavy atom. The second kappa shape index (κ2) is 8.31. The maximum Gasteiger partial charge on any atom is 0.308 e. The first kappa shape index (κ1) is 18.4. The van der Waals surface area contributed by atoms with Gasteiger partial charge in [-0.3, -0.25) is 9.59 Å². The molecule has 0 unspecified atom stereocenters. The number of oxime groups is 1. The van der Waals surface area contributed by atoms with E-state index < -0.39 is 23.9 Å². The van der Waals surface area contributed by atoms with Crippen LogP contribution in [0.3, 0.4) is 0 Å². The Morgan fingerprint density at radius 1 is 1.07 bits per heavy atom. The Kier molecular flexibility index (Phi) is 5.66. The van der Waals surface area contributed by atoms with Gasteiger partial charge >= 0.3 is 5.97 Å². The summed E-state index contributed by atoms with van der Waals surface area (Å²) in [6.07, 6.45) is 3.23. The fourth-order valence-corrected chi connectivity index (χ4v) is 2.83. The van der Waals surface area contributed by atoms with Gasteiger partial charge in [-0.25, -0.2) is 0 Å². The number of carbonyl (C=O) groups is 2. The lowest BCUT2D eigenvalue weighted by Crippen LogP contribution is -2.48. The minimum atomic E-state index is -1.53. The van der Waals surface area contributed by atoms with Crippen molar-refractivity contribution in [3.8, 4) is 0 Å². The smallest absolute Gasteiger partial charge is 0.308 e. The number of carbonyl (C=O) groups excluding carboxylic acids is 1. The fourth-order valence-electron chi connectivity index (χ4n) is 2.83. The largest absolute Gasteiger partial charge is 0.481 e. The summed E-state index contributed by atoms with van der Waals surface area (Å²) in [6.45, 7) is 0.291. The van der Waals surface area contributed by atoms with Crippen LogP contribution in [0.5, 0.6) is 0 Å². The number of hydrogen-bond donors (Lipinski definition) is 2. The number of carboxylic acids is 1. The zero-order valence-corrected chi connectivity index (χ0v) is 14.7. The van der Waals surface area contributed by atoms with Crippen LogP contribution in [0.4, 0.5) is 0 Å². The minimum absolute atomic E-state index is 0.100. The third-order valence-electron chi connectivity index (χ3n) is 4.22. The molecule has 1 aliphatic heterocycles. The fraction of sp³-hybridized carbons (Fsp3) is 0.190. The van der Waals surface area contributed by atoms with E-state index in [0.717, 1.165) is 11.1 Å². The standard InChI is InChI=1S/C21H20N2O4/c24-19(25)14-21(20(26)22-15-17-9-5-2-6-10-17)13-18(23-27-21)12-11-16-7-3-1-4-8-16/h1-12H,13-15H2,(H,22,26)(H,24,25)/b12-11+/t21-/m0/s1. The van der Waals surface area contributed by atoms with E-state index in [4.69, 9.17) is 4.84 Å². The van der Waals surface area contributed by atoms with Crippen molar-refractivity contribution in [3.63, 3.8) is 0 Å². The molecule has 0 spiro atoms. The molecule has 0 radical (unpaired) electrons. The third-order valence-corrected chi connectivity index (χ3v) is 4.22. The SMILES string of the molecule is O=C(O)C[C@]1(C(=O)NCc2ccccc2)CC(/C=C/c2ccccc2)=NO1. The van der Waals surface area contributed by atoms with E-state index in [1.54, 1.807) is 6.08 Å². The Balaban J connectivity index is 1.68. The summed E-state index contributed by atoms with van der Waals surface area (Å²) < 4.78 is 0. The summed E-state index contributed by atoms with van der Waals surface area (Å²) >= 11 is 0. The number of rotatable bonds is 7. The van der Waals surface area contributed by atoms with E-state index in [-0.39, 0.29) is 6.42 Å². The first-order chi connectivity index (χ1) is 13.1. The molecule has 1 aliphatic rings. The molecule has 0 aliphatic carbocycles. The monoisotopic (exact) mass is 364 g/mol. The number of nitrogens with zero attached hydrogens (tertiary/aromatic N) is 1. The second-order valence-electron chi connectivity index (χ2n) is 6.33. The Hall–Kier alpha value is -3.41. The highest BCUT2D eigenvalue weighted by atomic mass is 16.7. The van der Waals surface area contributed by atoms with Gasteiger partial charge in [0, 0.05) is 13.0 Å². The van der Waals surface area contributed by atoms with Crippen LogP contribution >= 0.6 is 0 Å². The van der Waals surface area contributed by atoms with E-state index in [0.29, 0.717) is 12.3 Å². The highest BCUT2D eigenvalue weighted by Gasteiger charge is 2.47. The summed E-state index contributed by atoms with van der Waals surface area (Å²) in [5, 5.41) is 15.9. The number of hydrogen-bond acceptors (Lipinski definition) is 4. The average Bonchev–Trinajstić information content (AvgIpc) is 3.09. The summed E-state index contributed by atoms with van der Waals surface area (Å²) in [5.74, 6) is -1.60. The van der Waals surface area contributed by atoms with E-state index in [2.05, 4.69) is 10.5 Å². The van der Waals surface area contributed by atoms with E-state index in [1.807, 2.05) is 66.7 Å². The van der Waals surface area contributed by atoms with Crippen molar-refractivity contribution in [2.75, 3.05) is 0 Å². The normalized spacial score (nSPS) is 18.7. The van der Waals surface area contributed by atoms with Gasteiger partial charge in [-0.2, -0.15) is 0 Å². The molecule has 6 nitrogen and oxygen atoms in total. The van der Waals surface area contributed by atoms with Gasteiger partial charge in [0.1, 0.15) is 0 Å². The molecule has 1 atom stereocenters. The van der Waals surface area contributed by atoms with Gasteiger partial charge in [-0.1, -0.05) is 71.9 Å². The van der Waals surface area contributed by atoms with Crippen molar-refractivity contribution in [3.05, 3.63) is 77.9 Å². The van der Waals surface area contributed by atoms with Gasteiger partial charge in [0.05, 0.1) is 12.1 Å². The second-order valence-corrected chi connectivity index (χ2v) is 6.33. The van der Waals surface area contributed by atoms with Crippen LogP contribution < -0.4 is 5.32 Å². The molecule has 0 bridgehead atoms. The van der Waals surface area contributed by atoms with Gasteiger partial charge in [-0.05, 0) is 17.2 Å². The lowest BCUT2D eigenvalue weighted by molar-refractivity contribution is -0.156. The van der Waals surface area contributed by atoms with Gasteiger partial charge in [0.25, 0.3) is 5.91 Å². The topological polar surface area (TPSA) is 88.0 Å². The molecule has 2 aromatic carbocycles. The van der Waals surface area contributed by atoms with Gasteiger partial charge in [0.15, 0.2) is 0 Å². The van der Waals surface area contributed by atoms with Gasteiger partial charge in [-0.15, -0.1) is 0 Å². The van der Waals surface area contributed by atoms with Crippen molar-refractivity contribution in [1.82, 2.24) is 5.32 Å². The molecule has 0 aromatic heterocycles. The molecule has 3 rings (SSSR count). The summed E-state index contributed by atoms with van der Waals surface area (Å²) in [4.78, 5) is 29.3. The molecule has 0 fully saturated rings. The van der Waals surface area contributed by atoms with Crippen molar-refractivity contribution in [2.45, 2.75) is 25.0 Å². The Bertz CT molecular complexity index is 862. The molecule has 2 aromatic rings. The van der Waals surface area contributed by atoms with E-state index in [9.17, 15) is 14.7 Å². The number of allylic oxidation sites excluding steroid dienone is 1. The van der Waals surface area contributed by atoms with Crippen LogP contribution in [0.1, 0.15) is 24.0 Å². The van der Waals surface area contributed by atoms with E-state index in [1.165, 1.54) is 0 Å². The van der Waals surface area contributed by atoms with Crippen LogP contribution in [0.25, 0.3) is 6.08 Å². The minimum Gasteiger partial charge on any atom is -0.481 e. The first-order valence-corrected chi connectivity index (χ1v) is 8.60. The first-order valence-electron chi connectivity index (χ1n) is 8.60. The number of carboxylic acid groups (broad SMARTS) is 1. The van der Waals surface area contributed by atoms with Crippen molar-refractivity contribution in [1.29, 1.82) is 0 Å². The highest BCUT2D eigenvalue weighted by Crippen LogP contribution is 2.29. The van der Waals surface area contributed by atoms with E-state index >= 15 is 0 Å². The van der Waals surface area contributed by atoms with Crippen LogP contribution in [0, 0.1) is 0 Å². The van der Waals surface area contributed by atoms with Crippen molar-refractivity contribution in [2.24, 2.45) is 5.16 Å². The Morgan fingerprint density at radius 2 is 1.74 bits per heavy atom. The maximum absolute atomic E-state index is 12.7. The van der Waals surface area contributed by atoms with Gasteiger partial charge < -0.3 is 15.3 Å². The van der Waals surface area contributed by atoms with Crippen molar-refractivity contribution >= 4 is 23.7 Å². The van der Waals surface area contributed by atoms with Crippen LogP contribution in [0.15, 0.2) is 71.9 Å². The molecule has 27 heavy (non-hydrogen) atoms. The average molecular weight is 364 g/mol. The highest BCUT2D eigenvalue weighted by molar-refractivity contribution is 6.04. The van der Waals surface area contributed by atoms with Gasteiger partial charge in [0.2, 0.25) is 5.60 Å². The third kappa shape index (κ3) is 4.82. The quantitative estimate of drug-likeness (QED) is 0.790. The predicted octanol–water partition coefficient (Wildman–Crippen LogP) is 3.01. The summed E-state index contributed by atoms with van der Waals surface area (Å²) in [5.41, 5.74) is 0.885. The number of nitrogens with one attached hydrogen (secondary N) is 1. The predicted molar refractivity (Wildman–Crippen MR) is 102 cm³/mol. The van der Waals surface area contributed by atoms with Crippen molar-refractivity contribution < 1.29 is 19.5 Å². The molecule has 6 heteroatoms. The molecular formula is C21H20N2O4. The zero-order valence-electron chi connectivity index (χ0n) is 14.7. The van der Waals surface area contributed by atoms with Crippen LogP contribution in [0.2, 0.25) is 0 Å². The zero-order chi connectivity index (χ0) is 19.1. The molecular weight excluding hydrogens is 344 g/mol. The maximum atomic E-state index is 12.7. The lowest BCUT2D eigenvalue weighted by Gasteiger charge is -2.23. The lowest BCUT2D eigenvalue weighted by atomic mass is 9.92. The van der Waals surface area contributed by atoms with Crippen LogP contribution in [-0.4, -0.2) is 28.3 Å². The summed E-state index contributed by atoms with van der Waals surface area (Å²) in [7, 11) is 0. The number of amides is 1. The molecule has 2 N–H and O–H groups in total. The summed E-state index contributed by atoms with van der Waals surface area (Å²) in [6, 6.07) is 19.0. The molecule has 1 amide bonds. The molecule has 0 saturated heterocycles.